The first-order valence-electron chi connectivity index (χ1n) is 11.0. The number of rotatable bonds is 5. The van der Waals surface area contributed by atoms with E-state index in [0.717, 1.165) is 30.8 Å². The van der Waals surface area contributed by atoms with E-state index in [1.165, 1.54) is 4.90 Å². The first kappa shape index (κ1) is 21.8. The Morgan fingerprint density at radius 3 is 2.94 bits per heavy atom. The minimum absolute atomic E-state index is 0.0982. The van der Waals surface area contributed by atoms with Crippen molar-refractivity contribution in [1.29, 1.82) is 0 Å². The number of ether oxygens (including phenoxy) is 1. The van der Waals surface area contributed by atoms with E-state index >= 15 is 0 Å². The van der Waals surface area contributed by atoms with Crippen LogP contribution in [0, 0.1) is 5.82 Å². The summed E-state index contributed by atoms with van der Waals surface area (Å²) >= 11 is 6.09. The highest BCUT2D eigenvalue weighted by Gasteiger charge is 2.36. The van der Waals surface area contributed by atoms with Crippen LogP contribution < -0.4 is 5.32 Å². The van der Waals surface area contributed by atoms with Crippen LogP contribution >= 0.6 is 11.6 Å². The highest BCUT2D eigenvalue weighted by Crippen LogP contribution is 2.31. The molecule has 9 nitrogen and oxygen atoms in total. The van der Waals surface area contributed by atoms with E-state index in [0.29, 0.717) is 48.1 Å². The number of carboxylic acid groups (broad SMARTS) is 1. The minimum atomic E-state index is -0.932. The third-order valence-electron chi connectivity index (χ3n) is 6.38. The van der Waals surface area contributed by atoms with Gasteiger partial charge in [-0.2, -0.15) is 0 Å². The van der Waals surface area contributed by atoms with Crippen LogP contribution in [-0.4, -0.2) is 67.4 Å². The number of halogens is 2. The zero-order chi connectivity index (χ0) is 22.9. The monoisotopic (exact) mass is 474 g/mol. The minimum Gasteiger partial charge on any atom is -0.465 e. The van der Waals surface area contributed by atoms with Crippen LogP contribution in [0.5, 0.6) is 0 Å². The lowest BCUT2D eigenvalue weighted by Crippen LogP contribution is -2.50. The second-order valence-electron chi connectivity index (χ2n) is 8.51. The van der Waals surface area contributed by atoms with E-state index in [1.54, 1.807) is 18.5 Å². The summed E-state index contributed by atoms with van der Waals surface area (Å²) in [5.41, 5.74) is 1.31. The molecule has 2 aliphatic rings. The number of pyridine rings is 1. The quantitative estimate of drug-likeness (QED) is 0.504. The molecule has 2 fully saturated rings. The van der Waals surface area contributed by atoms with Gasteiger partial charge in [0.05, 0.1) is 23.9 Å². The highest BCUT2D eigenvalue weighted by molar-refractivity contribution is 6.31. The molecule has 0 aromatic carbocycles. The maximum atomic E-state index is 14.6. The number of fused-ring (bicyclic) bond motifs is 1. The molecule has 1 amide bonds. The summed E-state index contributed by atoms with van der Waals surface area (Å²) in [5.74, 6) is -0.117. The SMILES string of the molecule is O=C(O)N([C@@H]1CCC[C@H](Nc2nc(-c3c[nH]c4ncc(Cl)cc34)ncc2F)C1)[C@H]1CCOC1. The Labute approximate surface area is 194 Å². The molecule has 5 rings (SSSR count). The zero-order valence-electron chi connectivity index (χ0n) is 17.8. The molecular weight excluding hydrogens is 451 g/mol. The predicted octanol–water partition coefficient (Wildman–Crippen LogP) is 4.30. The number of carbonyl (C=O) groups is 1. The van der Waals surface area contributed by atoms with Crippen molar-refractivity contribution in [2.45, 2.75) is 50.2 Å². The van der Waals surface area contributed by atoms with Crippen LogP contribution in [0.4, 0.5) is 15.0 Å². The maximum Gasteiger partial charge on any atom is 0.407 e. The number of hydrogen-bond donors (Lipinski definition) is 3. The number of aromatic amines is 1. The molecule has 33 heavy (non-hydrogen) atoms. The van der Waals surface area contributed by atoms with Crippen molar-refractivity contribution >= 4 is 34.5 Å². The lowest BCUT2D eigenvalue weighted by Gasteiger charge is -2.39. The topological polar surface area (TPSA) is 116 Å². The molecule has 4 heterocycles. The number of anilines is 1. The van der Waals surface area contributed by atoms with Gasteiger partial charge in [-0.05, 0) is 38.2 Å². The third-order valence-corrected chi connectivity index (χ3v) is 6.59. The molecule has 174 valence electrons. The van der Waals surface area contributed by atoms with Gasteiger partial charge in [-0.15, -0.1) is 0 Å². The molecule has 0 unspecified atom stereocenters. The highest BCUT2D eigenvalue weighted by atomic mass is 35.5. The standard InChI is InChI=1S/C22H24ClFN6O3/c23-12-6-16-17(9-26-19(16)25-8-12)20-27-10-18(24)21(29-20)28-13-2-1-3-14(7-13)30(22(31)32)15-4-5-33-11-15/h6,8-10,13-15H,1-5,7,11H2,(H,25,26)(H,31,32)(H,27,28,29)/t13-,14+,15-/m0/s1. The van der Waals surface area contributed by atoms with Crippen LogP contribution in [0.1, 0.15) is 32.1 Å². The summed E-state index contributed by atoms with van der Waals surface area (Å²) in [5, 5.41) is 14.2. The van der Waals surface area contributed by atoms with E-state index in [-0.39, 0.29) is 23.9 Å². The van der Waals surface area contributed by atoms with Crippen LogP contribution in [0.15, 0.2) is 24.7 Å². The Hall–Kier alpha value is -2.98. The maximum absolute atomic E-state index is 14.6. The number of aromatic nitrogens is 4. The third kappa shape index (κ3) is 4.45. The van der Waals surface area contributed by atoms with Crippen molar-refractivity contribution in [1.82, 2.24) is 24.8 Å². The average Bonchev–Trinajstić information content (AvgIpc) is 3.46. The van der Waals surface area contributed by atoms with E-state index < -0.39 is 11.9 Å². The van der Waals surface area contributed by atoms with Crippen LogP contribution in [0.3, 0.4) is 0 Å². The van der Waals surface area contributed by atoms with Gasteiger partial charge >= 0.3 is 6.09 Å². The second kappa shape index (κ2) is 9.11. The van der Waals surface area contributed by atoms with Crippen LogP contribution in [-0.2, 0) is 4.74 Å². The molecule has 3 aromatic rings. The van der Waals surface area contributed by atoms with E-state index in [4.69, 9.17) is 16.3 Å². The Kier molecular flexibility index (Phi) is 6.03. The molecule has 0 spiro atoms. The normalized spacial score (nSPS) is 23.0. The fraction of sp³-hybridized carbons (Fsp3) is 0.455. The van der Waals surface area contributed by atoms with Gasteiger partial charge in [-0.1, -0.05) is 11.6 Å². The zero-order valence-corrected chi connectivity index (χ0v) is 18.6. The van der Waals surface area contributed by atoms with Gasteiger partial charge in [-0.25, -0.2) is 24.1 Å². The smallest absolute Gasteiger partial charge is 0.407 e. The number of H-pyrrole nitrogens is 1. The van der Waals surface area contributed by atoms with E-state index in [1.807, 2.05) is 0 Å². The Balaban J connectivity index is 1.36. The Morgan fingerprint density at radius 1 is 1.27 bits per heavy atom. The van der Waals surface area contributed by atoms with Gasteiger partial charge < -0.3 is 20.1 Å². The lowest BCUT2D eigenvalue weighted by atomic mass is 9.89. The molecule has 1 saturated carbocycles. The van der Waals surface area contributed by atoms with Gasteiger partial charge in [0.2, 0.25) is 0 Å². The van der Waals surface area contributed by atoms with Gasteiger partial charge in [0.25, 0.3) is 0 Å². The molecule has 0 bridgehead atoms. The van der Waals surface area contributed by atoms with Crippen molar-refractivity contribution in [2.75, 3.05) is 18.5 Å². The van der Waals surface area contributed by atoms with Gasteiger partial charge in [0, 0.05) is 42.0 Å². The molecule has 3 aromatic heterocycles. The molecular formula is C22H24ClFN6O3. The fourth-order valence-electron chi connectivity index (χ4n) is 4.85. The van der Waals surface area contributed by atoms with Gasteiger partial charge in [0.1, 0.15) is 5.65 Å². The lowest BCUT2D eigenvalue weighted by molar-refractivity contribution is 0.0739. The average molecular weight is 475 g/mol. The van der Waals surface area contributed by atoms with Crippen molar-refractivity contribution in [3.8, 4) is 11.4 Å². The molecule has 1 saturated heterocycles. The molecule has 11 heteroatoms. The second-order valence-corrected chi connectivity index (χ2v) is 8.95. The first-order valence-corrected chi connectivity index (χ1v) is 11.4. The van der Waals surface area contributed by atoms with Crippen molar-refractivity contribution in [3.05, 3.63) is 35.5 Å². The van der Waals surface area contributed by atoms with Gasteiger partial charge in [-0.3, -0.25) is 4.90 Å². The van der Waals surface area contributed by atoms with Crippen LogP contribution in [0.2, 0.25) is 5.02 Å². The summed E-state index contributed by atoms with van der Waals surface area (Å²) in [4.78, 5) is 29.4. The fourth-order valence-corrected chi connectivity index (χ4v) is 5.01. The van der Waals surface area contributed by atoms with Crippen LogP contribution in [0.25, 0.3) is 22.4 Å². The molecule has 3 N–H and O–H groups in total. The number of amides is 1. The summed E-state index contributed by atoms with van der Waals surface area (Å²) in [6.07, 6.45) is 7.17. The Bertz CT molecular complexity index is 1170. The molecule has 3 atom stereocenters. The van der Waals surface area contributed by atoms with E-state index in [9.17, 15) is 14.3 Å². The van der Waals surface area contributed by atoms with Crippen molar-refractivity contribution < 1.29 is 19.0 Å². The van der Waals surface area contributed by atoms with Crippen molar-refractivity contribution in [2.24, 2.45) is 0 Å². The first-order chi connectivity index (χ1) is 16.0. The number of nitrogens with one attached hydrogen (secondary N) is 2. The molecule has 0 radical (unpaired) electrons. The molecule has 1 aliphatic heterocycles. The summed E-state index contributed by atoms with van der Waals surface area (Å²) in [6.45, 7) is 1.00. The van der Waals surface area contributed by atoms with Gasteiger partial charge in [0.15, 0.2) is 17.5 Å². The number of hydrogen-bond acceptors (Lipinski definition) is 6. The summed E-state index contributed by atoms with van der Waals surface area (Å²) in [7, 11) is 0. The largest absolute Gasteiger partial charge is 0.465 e. The summed E-state index contributed by atoms with van der Waals surface area (Å²) in [6, 6.07) is 1.38. The Morgan fingerprint density at radius 2 is 2.15 bits per heavy atom. The summed E-state index contributed by atoms with van der Waals surface area (Å²) < 4.78 is 20.0. The van der Waals surface area contributed by atoms with E-state index in [2.05, 4.69) is 25.3 Å². The molecule has 1 aliphatic carbocycles. The predicted molar refractivity (Wildman–Crippen MR) is 121 cm³/mol. The number of nitrogens with zero attached hydrogens (tertiary/aromatic N) is 4. The van der Waals surface area contributed by atoms with Crippen molar-refractivity contribution in [3.63, 3.8) is 0 Å².